The van der Waals surface area contributed by atoms with E-state index < -0.39 is 0 Å². The van der Waals surface area contributed by atoms with Gasteiger partial charge in [0.1, 0.15) is 0 Å². The van der Waals surface area contributed by atoms with E-state index >= 15 is 0 Å². The summed E-state index contributed by atoms with van der Waals surface area (Å²) in [5.74, 6) is 0. The molecule has 1 saturated heterocycles. The maximum atomic E-state index is 5.83. The van der Waals surface area contributed by atoms with Crippen molar-refractivity contribution >= 4 is 11.6 Å². The Morgan fingerprint density at radius 2 is 1.83 bits per heavy atom. The van der Waals surface area contributed by atoms with Crippen LogP contribution in [0.5, 0.6) is 0 Å². The molecule has 2 unspecified atom stereocenters. The molecule has 0 aromatic heterocycles. The second-order valence-electron chi connectivity index (χ2n) is 6.64. The highest BCUT2D eigenvalue weighted by Gasteiger charge is 2.34. The molecule has 0 radical (unpaired) electrons. The number of ether oxygens (including phenoxy) is 1. The molecule has 2 nitrogen and oxygen atoms in total. The number of fused-ring (bicyclic) bond motifs is 2. The van der Waals surface area contributed by atoms with E-state index in [-0.39, 0.29) is 0 Å². The van der Waals surface area contributed by atoms with Crippen LogP contribution in [0.15, 0.2) is 67.3 Å². The van der Waals surface area contributed by atoms with Crippen LogP contribution in [0.25, 0.3) is 11.6 Å². The molecular formula is C22H23NO. The molecule has 2 aliphatic heterocycles. The van der Waals surface area contributed by atoms with Crippen molar-refractivity contribution in [1.29, 1.82) is 0 Å². The fraction of sp³-hybridized carbons (Fsp3) is 0.273. The lowest BCUT2D eigenvalue weighted by molar-refractivity contribution is -0.0402. The summed E-state index contributed by atoms with van der Waals surface area (Å²) in [6.07, 6.45) is 5.35. The minimum Gasteiger partial charge on any atom is -0.378 e. The molecule has 0 amide bonds. The van der Waals surface area contributed by atoms with E-state index in [1.54, 1.807) is 0 Å². The van der Waals surface area contributed by atoms with E-state index in [0.29, 0.717) is 12.1 Å². The van der Waals surface area contributed by atoms with E-state index in [0.717, 1.165) is 26.2 Å². The zero-order chi connectivity index (χ0) is 16.4. The zero-order valence-corrected chi connectivity index (χ0v) is 13.9. The Labute approximate surface area is 144 Å². The largest absolute Gasteiger partial charge is 0.378 e. The summed E-state index contributed by atoms with van der Waals surface area (Å²) in [6.45, 7) is 6.44. The Kier molecular flexibility index (Phi) is 4.33. The van der Waals surface area contributed by atoms with Crippen LogP contribution in [0.1, 0.15) is 23.1 Å². The lowest BCUT2D eigenvalue weighted by atomic mass is 9.89. The summed E-state index contributed by atoms with van der Waals surface area (Å²) in [4.78, 5) is 2.60. The Morgan fingerprint density at radius 3 is 2.54 bits per heavy atom. The van der Waals surface area contributed by atoms with Crippen molar-refractivity contribution < 1.29 is 4.74 Å². The van der Waals surface area contributed by atoms with Crippen LogP contribution >= 0.6 is 0 Å². The SMILES string of the molecule is C=Cc1ccc(C2=CC3COCC(C2)N3Cc2ccccc2)cc1. The van der Waals surface area contributed by atoms with Gasteiger partial charge in [-0.15, -0.1) is 0 Å². The van der Waals surface area contributed by atoms with Gasteiger partial charge in [-0.25, -0.2) is 0 Å². The van der Waals surface area contributed by atoms with Crippen molar-refractivity contribution in [2.75, 3.05) is 13.2 Å². The zero-order valence-electron chi connectivity index (χ0n) is 13.9. The van der Waals surface area contributed by atoms with Crippen LogP contribution in [-0.4, -0.2) is 30.2 Å². The lowest BCUT2D eigenvalue weighted by Gasteiger charge is -2.44. The van der Waals surface area contributed by atoms with Crippen molar-refractivity contribution in [3.05, 3.63) is 83.9 Å². The maximum absolute atomic E-state index is 5.83. The highest BCUT2D eigenvalue weighted by Crippen LogP contribution is 2.33. The topological polar surface area (TPSA) is 12.5 Å². The second kappa shape index (κ2) is 6.76. The number of morpholine rings is 1. The van der Waals surface area contributed by atoms with Crippen LogP contribution in [-0.2, 0) is 11.3 Å². The van der Waals surface area contributed by atoms with Gasteiger partial charge in [0.15, 0.2) is 0 Å². The minimum absolute atomic E-state index is 0.367. The molecule has 2 atom stereocenters. The van der Waals surface area contributed by atoms with E-state index in [1.165, 1.54) is 22.3 Å². The quantitative estimate of drug-likeness (QED) is 0.829. The lowest BCUT2D eigenvalue weighted by Crippen LogP contribution is -2.53. The molecule has 0 N–H and O–H groups in total. The van der Waals surface area contributed by atoms with Gasteiger partial charge in [-0.05, 0) is 28.7 Å². The molecule has 4 rings (SSSR count). The number of hydrogen-bond acceptors (Lipinski definition) is 2. The average Bonchev–Trinajstić information content (AvgIpc) is 2.62. The third-order valence-electron chi connectivity index (χ3n) is 5.07. The van der Waals surface area contributed by atoms with Crippen LogP contribution in [0.4, 0.5) is 0 Å². The standard InChI is InChI=1S/C22H23NO/c1-2-17-8-10-19(11-9-17)20-12-21-15-24-16-22(13-20)23(21)14-18-6-4-3-5-7-18/h2-12,21-22H,1,13-16H2. The smallest absolute Gasteiger partial charge is 0.0658 e. The molecule has 122 valence electrons. The number of hydrogen-bond donors (Lipinski definition) is 0. The molecular weight excluding hydrogens is 294 g/mol. The first-order chi connectivity index (χ1) is 11.8. The Balaban J connectivity index is 1.58. The molecule has 0 saturated carbocycles. The summed E-state index contributed by atoms with van der Waals surface area (Å²) in [5.41, 5.74) is 5.33. The Hall–Kier alpha value is -2.16. The van der Waals surface area contributed by atoms with Crippen LogP contribution < -0.4 is 0 Å². The average molecular weight is 317 g/mol. The molecule has 2 heterocycles. The molecule has 2 bridgehead atoms. The van der Waals surface area contributed by atoms with Gasteiger partial charge < -0.3 is 4.74 Å². The third-order valence-corrected chi connectivity index (χ3v) is 5.07. The molecule has 0 aliphatic carbocycles. The molecule has 24 heavy (non-hydrogen) atoms. The molecule has 2 heteroatoms. The first-order valence-electron chi connectivity index (χ1n) is 8.64. The first-order valence-corrected chi connectivity index (χ1v) is 8.64. The van der Waals surface area contributed by atoms with Crippen LogP contribution in [0, 0.1) is 0 Å². The van der Waals surface area contributed by atoms with E-state index in [1.807, 2.05) is 6.08 Å². The molecule has 2 aromatic rings. The summed E-state index contributed by atoms with van der Waals surface area (Å²) < 4.78 is 5.83. The molecule has 2 aliphatic rings. The van der Waals surface area contributed by atoms with Gasteiger partial charge in [-0.3, -0.25) is 4.90 Å². The fourth-order valence-electron chi connectivity index (χ4n) is 3.75. The maximum Gasteiger partial charge on any atom is 0.0658 e. The summed E-state index contributed by atoms with van der Waals surface area (Å²) >= 11 is 0. The van der Waals surface area contributed by atoms with Crippen molar-refractivity contribution in [3.8, 4) is 0 Å². The van der Waals surface area contributed by atoms with Crippen molar-refractivity contribution in [2.45, 2.75) is 25.0 Å². The second-order valence-corrected chi connectivity index (χ2v) is 6.64. The Bertz CT molecular complexity index is 732. The fourth-order valence-corrected chi connectivity index (χ4v) is 3.75. The summed E-state index contributed by atoms with van der Waals surface area (Å²) in [6, 6.07) is 20.3. The molecule has 1 fully saturated rings. The number of nitrogens with zero attached hydrogens (tertiary/aromatic N) is 1. The van der Waals surface area contributed by atoms with Crippen LogP contribution in [0.2, 0.25) is 0 Å². The van der Waals surface area contributed by atoms with Gasteiger partial charge >= 0.3 is 0 Å². The van der Waals surface area contributed by atoms with Gasteiger partial charge in [0.2, 0.25) is 0 Å². The van der Waals surface area contributed by atoms with Gasteiger partial charge in [0.25, 0.3) is 0 Å². The first kappa shape index (κ1) is 15.4. The summed E-state index contributed by atoms with van der Waals surface area (Å²) in [7, 11) is 0. The van der Waals surface area contributed by atoms with E-state index in [9.17, 15) is 0 Å². The predicted molar refractivity (Wildman–Crippen MR) is 99.5 cm³/mol. The Morgan fingerprint density at radius 1 is 1.04 bits per heavy atom. The summed E-state index contributed by atoms with van der Waals surface area (Å²) in [5, 5.41) is 0. The highest BCUT2D eigenvalue weighted by atomic mass is 16.5. The predicted octanol–water partition coefficient (Wildman–Crippen LogP) is 4.39. The van der Waals surface area contributed by atoms with Gasteiger partial charge in [0.05, 0.1) is 19.3 Å². The van der Waals surface area contributed by atoms with E-state index in [4.69, 9.17) is 4.74 Å². The minimum atomic E-state index is 0.367. The number of benzene rings is 2. The van der Waals surface area contributed by atoms with Crippen molar-refractivity contribution in [3.63, 3.8) is 0 Å². The normalized spacial score (nSPS) is 23.6. The van der Waals surface area contributed by atoms with Gasteiger partial charge in [0, 0.05) is 12.6 Å². The van der Waals surface area contributed by atoms with Gasteiger partial charge in [-0.2, -0.15) is 0 Å². The number of rotatable bonds is 4. The molecule has 0 spiro atoms. The highest BCUT2D eigenvalue weighted by molar-refractivity contribution is 5.69. The van der Waals surface area contributed by atoms with Crippen molar-refractivity contribution in [2.24, 2.45) is 0 Å². The van der Waals surface area contributed by atoms with Crippen LogP contribution in [0.3, 0.4) is 0 Å². The van der Waals surface area contributed by atoms with Crippen molar-refractivity contribution in [1.82, 2.24) is 4.90 Å². The van der Waals surface area contributed by atoms with Gasteiger partial charge in [-0.1, -0.05) is 73.3 Å². The monoisotopic (exact) mass is 317 g/mol. The molecule has 2 aromatic carbocycles. The van der Waals surface area contributed by atoms with E-state index in [2.05, 4.69) is 72.2 Å². The third kappa shape index (κ3) is 3.08.